The smallest absolute Gasteiger partial charge is 0.335 e. The Morgan fingerprint density at radius 2 is 1.63 bits per heavy atom. The molecule has 6 nitrogen and oxygen atoms in total. The molecule has 0 fully saturated rings. The minimum absolute atomic E-state index is 0.0965. The first kappa shape index (κ1) is 13.2. The van der Waals surface area contributed by atoms with Gasteiger partial charge in [0.05, 0.1) is 15.4 Å². The van der Waals surface area contributed by atoms with Crippen molar-refractivity contribution in [3.63, 3.8) is 0 Å². The molecule has 0 unspecified atom stereocenters. The second-order valence-electron chi connectivity index (χ2n) is 3.78. The first-order chi connectivity index (χ1) is 8.82. The lowest BCUT2D eigenvalue weighted by molar-refractivity contribution is 0.0697. The number of halogens is 1. The molecule has 0 aromatic heterocycles. The summed E-state index contributed by atoms with van der Waals surface area (Å²) in [5.41, 5.74) is -1.31. The number of carbonyl (C=O) groups is 1. The van der Waals surface area contributed by atoms with Crippen molar-refractivity contribution in [2.24, 2.45) is 0 Å². The summed E-state index contributed by atoms with van der Waals surface area (Å²) in [6, 6.07) is 3.14. The molecule has 0 atom stereocenters. The van der Waals surface area contributed by atoms with Crippen LogP contribution < -0.4 is 5.43 Å². The van der Waals surface area contributed by atoms with Gasteiger partial charge in [-0.15, -0.1) is 0 Å². The highest BCUT2D eigenvalue weighted by Crippen LogP contribution is 2.42. The molecule has 2 rings (SSSR count). The van der Waals surface area contributed by atoms with E-state index in [0.29, 0.717) is 0 Å². The zero-order chi connectivity index (χ0) is 14.3. The normalized spacial score (nSPS) is 10.6. The lowest BCUT2D eigenvalue weighted by Crippen LogP contribution is -2.00. The van der Waals surface area contributed by atoms with Crippen LogP contribution in [0.25, 0.3) is 10.8 Å². The molecule has 0 amide bonds. The molecule has 19 heavy (non-hydrogen) atoms. The molecule has 7 heteroatoms. The fraction of sp³-hybridized carbons (Fsp3) is 0. The molecule has 0 radical (unpaired) electrons. The zero-order valence-corrected chi connectivity index (χ0v) is 10.8. The van der Waals surface area contributed by atoms with E-state index in [1.54, 1.807) is 0 Å². The quantitative estimate of drug-likeness (QED) is 0.594. The van der Waals surface area contributed by atoms with Crippen LogP contribution in [0, 0.1) is 0 Å². The number of carboxylic acids is 1. The molecule has 0 aliphatic rings. The molecule has 2 aromatic carbocycles. The van der Waals surface area contributed by atoms with E-state index in [9.17, 15) is 24.9 Å². The highest BCUT2D eigenvalue weighted by Gasteiger charge is 2.16. The number of phenols is 2. The van der Waals surface area contributed by atoms with Gasteiger partial charge in [0.15, 0.2) is 17.2 Å². The Bertz CT molecular complexity index is 768. The molecule has 0 spiro atoms. The van der Waals surface area contributed by atoms with E-state index in [2.05, 4.69) is 15.9 Å². The van der Waals surface area contributed by atoms with Gasteiger partial charge in [0, 0.05) is 6.07 Å². The summed E-state index contributed by atoms with van der Waals surface area (Å²) in [6.45, 7) is 0. The van der Waals surface area contributed by atoms with E-state index >= 15 is 0 Å². The van der Waals surface area contributed by atoms with E-state index in [1.165, 1.54) is 6.07 Å². The monoisotopic (exact) mass is 326 g/mol. The molecule has 0 saturated heterocycles. The standard InChI is InChI=1S/C12H7BrO6/c13-6-2-4-1-5(12(18)19)3-7(14)10(16)8(4)11(17)9(6)15/h1-3,15,17H,(H,14,16)(H,18,19). The molecule has 98 valence electrons. The van der Waals surface area contributed by atoms with Gasteiger partial charge in [-0.25, -0.2) is 4.79 Å². The first-order valence-corrected chi connectivity index (χ1v) is 5.77. The van der Waals surface area contributed by atoms with Crippen molar-refractivity contribution in [1.29, 1.82) is 0 Å². The van der Waals surface area contributed by atoms with Crippen LogP contribution in [0.4, 0.5) is 0 Å². The Morgan fingerprint density at radius 3 is 2.21 bits per heavy atom. The van der Waals surface area contributed by atoms with Crippen LogP contribution in [0.15, 0.2) is 27.5 Å². The third-order valence-electron chi connectivity index (χ3n) is 2.57. The lowest BCUT2D eigenvalue weighted by Gasteiger charge is -2.04. The third kappa shape index (κ3) is 2.08. The summed E-state index contributed by atoms with van der Waals surface area (Å²) in [4.78, 5) is 22.5. The van der Waals surface area contributed by atoms with E-state index in [0.717, 1.165) is 12.1 Å². The van der Waals surface area contributed by atoms with Gasteiger partial charge in [0.25, 0.3) is 0 Å². The number of hydrogen-bond donors (Lipinski definition) is 4. The third-order valence-corrected chi connectivity index (χ3v) is 3.18. The second-order valence-corrected chi connectivity index (χ2v) is 4.64. The Labute approximate surface area is 114 Å². The minimum Gasteiger partial charge on any atom is -0.504 e. The van der Waals surface area contributed by atoms with Crippen LogP contribution in [-0.2, 0) is 0 Å². The van der Waals surface area contributed by atoms with Gasteiger partial charge < -0.3 is 20.4 Å². The Balaban J connectivity index is 3.12. The largest absolute Gasteiger partial charge is 0.504 e. The fourth-order valence-corrected chi connectivity index (χ4v) is 2.11. The van der Waals surface area contributed by atoms with E-state index < -0.39 is 28.6 Å². The summed E-state index contributed by atoms with van der Waals surface area (Å²) in [5.74, 6) is -3.43. The average molecular weight is 327 g/mol. The van der Waals surface area contributed by atoms with Crippen molar-refractivity contribution < 1.29 is 25.2 Å². The van der Waals surface area contributed by atoms with Gasteiger partial charge in [0.1, 0.15) is 0 Å². The summed E-state index contributed by atoms with van der Waals surface area (Å²) >= 11 is 2.97. The number of aromatic hydroxyl groups is 3. The number of rotatable bonds is 1. The SMILES string of the molecule is O=C(O)c1cc(=O)c(O)c2c(O)c(O)c(Br)cc2c1. The van der Waals surface area contributed by atoms with E-state index in [1.807, 2.05) is 0 Å². The summed E-state index contributed by atoms with van der Waals surface area (Å²) < 4.78 is 0.104. The Morgan fingerprint density at radius 1 is 1.00 bits per heavy atom. The van der Waals surface area contributed by atoms with Gasteiger partial charge in [-0.3, -0.25) is 4.79 Å². The first-order valence-electron chi connectivity index (χ1n) is 4.97. The number of fused-ring (bicyclic) bond motifs is 1. The van der Waals surface area contributed by atoms with Crippen molar-refractivity contribution in [2.45, 2.75) is 0 Å². The lowest BCUT2D eigenvalue weighted by atomic mass is 10.1. The number of benzene rings is 1. The summed E-state index contributed by atoms with van der Waals surface area (Å²) in [6.07, 6.45) is 0. The van der Waals surface area contributed by atoms with E-state index in [-0.39, 0.29) is 20.8 Å². The van der Waals surface area contributed by atoms with Crippen molar-refractivity contribution in [3.05, 3.63) is 38.5 Å². The van der Waals surface area contributed by atoms with Crippen LogP contribution in [0.1, 0.15) is 10.4 Å². The molecule has 0 bridgehead atoms. The number of aromatic carboxylic acids is 1. The van der Waals surface area contributed by atoms with E-state index in [4.69, 9.17) is 5.11 Å². The summed E-state index contributed by atoms with van der Waals surface area (Å²) in [7, 11) is 0. The Kier molecular flexibility index (Phi) is 3.07. The van der Waals surface area contributed by atoms with Crippen molar-refractivity contribution >= 4 is 32.7 Å². The number of hydrogen-bond acceptors (Lipinski definition) is 5. The Hall–Kier alpha value is -2.28. The molecule has 0 aliphatic carbocycles. The predicted molar refractivity (Wildman–Crippen MR) is 69.9 cm³/mol. The fourth-order valence-electron chi connectivity index (χ4n) is 1.67. The molecule has 4 N–H and O–H groups in total. The molecule has 0 saturated carbocycles. The van der Waals surface area contributed by atoms with Crippen molar-refractivity contribution in [3.8, 4) is 17.2 Å². The topological polar surface area (TPSA) is 115 Å². The minimum atomic E-state index is -1.35. The number of carboxylic acid groups (broad SMARTS) is 1. The van der Waals surface area contributed by atoms with Crippen LogP contribution in [-0.4, -0.2) is 26.4 Å². The van der Waals surface area contributed by atoms with Crippen LogP contribution in [0.3, 0.4) is 0 Å². The zero-order valence-electron chi connectivity index (χ0n) is 9.22. The average Bonchev–Trinajstić information content (AvgIpc) is 2.45. The molecular formula is C12H7BrO6. The van der Waals surface area contributed by atoms with Gasteiger partial charge in [0.2, 0.25) is 5.43 Å². The molecule has 0 aliphatic heterocycles. The van der Waals surface area contributed by atoms with Gasteiger partial charge in [-0.05, 0) is 33.4 Å². The van der Waals surface area contributed by atoms with Gasteiger partial charge >= 0.3 is 5.97 Å². The van der Waals surface area contributed by atoms with Crippen molar-refractivity contribution in [2.75, 3.05) is 0 Å². The molecule has 0 heterocycles. The molecular weight excluding hydrogens is 320 g/mol. The predicted octanol–water partition coefficient (Wildman–Crippen LogP) is 1.78. The van der Waals surface area contributed by atoms with Crippen LogP contribution in [0.2, 0.25) is 0 Å². The van der Waals surface area contributed by atoms with Crippen molar-refractivity contribution in [1.82, 2.24) is 0 Å². The number of phenolic OH excluding ortho intramolecular Hbond substituents is 2. The summed E-state index contributed by atoms with van der Waals surface area (Å²) in [5, 5.41) is 37.7. The van der Waals surface area contributed by atoms with Crippen LogP contribution in [0.5, 0.6) is 17.2 Å². The maximum absolute atomic E-state index is 11.6. The van der Waals surface area contributed by atoms with Gasteiger partial charge in [-0.1, -0.05) is 0 Å². The maximum Gasteiger partial charge on any atom is 0.335 e. The van der Waals surface area contributed by atoms with Gasteiger partial charge in [-0.2, -0.15) is 0 Å². The molecule has 2 aromatic rings. The van der Waals surface area contributed by atoms with Crippen LogP contribution >= 0.6 is 15.9 Å². The maximum atomic E-state index is 11.6. The second kappa shape index (κ2) is 4.43. The highest BCUT2D eigenvalue weighted by atomic mass is 79.9. The highest BCUT2D eigenvalue weighted by molar-refractivity contribution is 9.10.